The number of carbonyl (C=O) groups is 1. The molecule has 2 unspecified atom stereocenters. The molecule has 116 valence electrons. The average Bonchev–Trinajstić information content (AvgIpc) is 2.53. The molecule has 0 spiro atoms. The van der Waals surface area contributed by atoms with Gasteiger partial charge in [0.25, 0.3) is 5.91 Å². The molecule has 0 saturated carbocycles. The van der Waals surface area contributed by atoms with Crippen LogP contribution in [0.1, 0.15) is 30.1 Å². The molecule has 1 aromatic heterocycles. The van der Waals surface area contributed by atoms with Crippen molar-refractivity contribution in [3.05, 3.63) is 46.3 Å². The number of fused-ring (bicyclic) bond motifs is 1. The van der Waals surface area contributed by atoms with Gasteiger partial charge < -0.3 is 15.1 Å². The van der Waals surface area contributed by atoms with E-state index < -0.39 is 5.63 Å². The highest BCUT2D eigenvalue weighted by molar-refractivity contribution is 5.96. The molecule has 3 rings (SSSR count). The lowest BCUT2D eigenvalue weighted by Gasteiger charge is -2.39. The molecule has 2 N–H and O–H groups in total. The van der Waals surface area contributed by atoms with Gasteiger partial charge in [-0.2, -0.15) is 0 Å². The Hall–Kier alpha value is -2.14. The van der Waals surface area contributed by atoms with Crippen molar-refractivity contribution in [1.82, 2.24) is 4.90 Å². The summed E-state index contributed by atoms with van der Waals surface area (Å²) < 4.78 is 5.27. The summed E-state index contributed by atoms with van der Waals surface area (Å²) in [6.07, 6.45) is 1.99. The smallest absolute Gasteiger partial charge is 0.349 e. The van der Waals surface area contributed by atoms with Crippen molar-refractivity contribution in [2.24, 2.45) is 11.7 Å². The average molecular weight is 300 g/mol. The summed E-state index contributed by atoms with van der Waals surface area (Å²) in [5, 5.41) is 0.750. The first-order chi connectivity index (χ1) is 10.6. The zero-order chi connectivity index (χ0) is 15.7. The predicted molar refractivity (Wildman–Crippen MR) is 84.8 cm³/mol. The summed E-state index contributed by atoms with van der Waals surface area (Å²) in [6.45, 7) is 3.14. The van der Waals surface area contributed by atoms with Crippen LogP contribution in [-0.4, -0.2) is 29.9 Å². The van der Waals surface area contributed by atoms with Gasteiger partial charge >= 0.3 is 5.63 Å². The number of nitrogens with zero attached hydrogens (tertiary/aromatic N) is 1. The van der Waals surface area contributed by atoms with E-state index in [2.05, 4.69) is 6.92 Å². The number of likely N-dealkylation sites (tertiary alicyclic amines) is 1. The van der Waals surface area contributed by atoms with Gasteiger partial charge in [0.15, 0.2) is 0 Å². The molecule has 1 aliphatic heterocycles. The molecule has 0 radical (unpaired) electrons. The van der Waals surface area contributed by atoms with Crippen molar-refractivity contribution in [2.75, 3.05) is 13.1 Å². The van der Waals surface area contributed by atoms with Crippen LogP contribution in [0.3, 0.4) is 0 Å². The SMILES string of the molecule is CC1CCCN(C(=O)c2cc3ccccc3oc2=O)C1CN. The normalized spacial score (nSPS) is 22.0. The van der Waals surface area contributed by atoms with Gasteiger partial charge in [-0.05, 0) is 30.9 Å². The molecule has 0 aliphatic carbocycles. The Morgan fingerprint density at radius 3 is 2.95 bits per heavy atom. The fourth-order valence-corrected chi connectivity index (χ4v) is 3.23. The maximum absolute atomic E-state index is 12.8. The van der Waals surface area contributed by atoms with Crippen LogP contribution in [0.2, 0.25) is 0 Å². The van der Waals surface area contributed by atoms with Crippen molar-refractivity contribution in [1.29, 1.82) is 0 Å². The molecule has 2 heterocycles. The first-order valence-corrected chi connectivity index (χ1v) is 7.65. The third-order valence-electron chi connectivity index (χ3n) is 4.49. The molecule has 0 bridgehead atoms. The molecule has 1 saturated heterocycles. The fraction of sp³-hybridized carbons (Fsp3) is 0.412. The zero-order valence-electron chi connectivity index (χ0n) is 12.6. The second kappa shape index (κ2) is 5.93. The Labute approximate surface area is 128 Å². The minimum Gasteiger partial charge on any atom is -0.422 e. The Bertz CT molecular complexity index is 753. The van der Waals surface area contributed by atoms with Crippen LogP contribution in [0, 0.1) is 5.92 Å². The summed E-state index contributed by atoms with van der Waals surface area (Å²) in [4.78, 5) is 26.7. The molecule has 1 aliphatic rings. The van der Waals surface area contributed by atoms with Gasteiger partial charge in [-0.1, -0.05) is 25.1 Å². The molecule has 5 heteroatoms. The van der Waals surface area contributed by atoms with E-state index in [0.29, 0.717) is 24.6 Å². The Morgan fingerprint density at radius 2 is 2.18 bits per heavy atom. The van der Waals surface area contributed by atoms with Crippen molar-refractivity contribution in [2.45, 2.75) is 25.8 Å². The van der Waals surface area contributed by atoms with Gasteiger partial charge in [-0.3, -0.25) is 4.79 Å². The minimum atomic E-state index is -0.585. The quantitative estimate of drug-likeness (QED) is 0.861. The van der Waals surface area contributed by atoms with Crippen LogP contribution in [0.4, 0.5) is 0 Å². The van der Waals surface area contributed by atoms with E-state index in [1.54, 1.807) is 23.1 Å². The van der Waals surface area contributed by atoms with Crippen LogP contribution < -0.4 is 11.4 Å². The summed E-state index contributed by atoms with van der Waals surface area (Å²) in [5.74, 6) is 0.0664. The van der Waals surface area contributed by atoms with Gasteiger partial charge in [-0.25, -0.2) is 4.79 Å². The lowest BCUT2D eigenvalue weighted by Crippen LogP contribution is -2.52. The molecule has 22 heavy (non-hydrogen) atoms. The van der Waals surface area contributed by atoms with E-state index in [9.17, 15) is 9.59 Å². The Kier molecular flexibility index (Phi) is 3.98. The number of piperidine rings is 1. The van der Waals surface area contributed by atoms with Crippen LogP contribution in [0.15, 0.2) is 39.5 Å². The number of amides is 1. The third kappa shape index (κ3) is 2.52. The lowest BCUT2D eigenvalue weighted by atomic mass is 9.90. The number of carbonyl (C=O) groups excluding carboxylic acids is 1. The number of nitrogens with two attached hydrogens (primary N) is 1. The molecule has 1 aromatic carbocycles. The monoisotopic (exact) mass is 300 g/mol. The second-order valence-electron chi connectivity index (χ2n) is 5.91. The second-order valence-corrected chi connectivity index (χ2v) is 5.91. The zero-order valence-corrected chi connectivity index (χ0v) is 12.6. The molecule has 1 amide bonds. The van der Waals surface area contributed by atoms with E-state index in [-0.39, 0.29) is 17.5 Å². The van der Waals surface area contributed by atoms with Crippen molar-refractivity contribution < 1.29 is 9.21 Å². The standard InChI is InChI=1S/C17H20N2O3/c1-11-5-4-8-19(14(11)10-18)16(20)13-9-12-6-2-3-7-15(12)22-17(13)21/h2-3,6-7,9,11,14H,4-5,8,10,18H2,1H3. The lowest BCUT2D eigenvalue weighted by molar-refractivity contribution is 0.0528. The molecular weight excluding hydrogens is 280 g/mol. The van der Waals surface area contributed by atoms with Crippen LogP contribution in [0.5, 0.6) is 0 Å². The van der Waals surface area contributed by atoms with E-state index in [0.717, 1.165) is 18.2 Å². The number of para-hydroxylation sites is 1. The maximum Gasteiger partial charge on any atom is 0.349 e. The van der Waals surface area contributed by atoms with Gasteiger partial charge in [0, 0.05) is 24.5 Å². The van der Waals surface area contributed by atoms with Gasteiger partial charge in [0.1, 0.15) is 11.1 Å². The fourth-order valence-electron chi connectivity index (χ4n) is 3.23. The van der Waals surface area contributed by atoms with Crippen molar-refractivity contribution >= 4 is 16.9 Å². The molecular formula is C17H20N2O3. The van der Waals surface area contributed by atoms with Crippen molar-refractivity contribution in [3.63, 3.8) is 0 Å². The first kappa shape index (κ1) is 14.8. The summed E-state index contributed by atoms with van der Waals surface area (Å²) in [6, 6.07) is 8.79. The third-order valence-corrected chi connectivity index (χ3v) is 4.49. The summed E-state index contributed by atoms with van der Waals surface area (Å²) in [5.41, 5.74) is 5.83. The van der Waals surface area contributed by atoms with Gasteiger partial charge in [0.2, 0.25) is 0 Å². The largest absolute Gasteiger partial charge is 0.422 e. The minimum absolute atomic E-state index is 0.0212. The number of hydrogen-bond acceptors (Lipinski definition) is 4. The molecule has 5 nitrogen and oxygen atoms in total. The van der Waals surface area contributed by atoms with E-state index >= 15 is 0 Å². The predicted octanol–water partition coefficient (Wildman–Crippen LogP) is 1.99. The van der Waals surface area contributed by atoms with E-state index in [1.807, 2.05) is 12.1 Å². The van der Waals surface area contributed by atoms with Crippen LogP contribution in [-0.2, 0) is 0 Å². The summed E-state index contributed by atoms with van der Waals surface area (Å²) in [7, 11) is 0. The highest BCUT2D eigenvalue weighted by atomic mass is 16.4. The van der Waals surface area contributed by atoms with Crippen molar-refractivity contribution in [3.8, 4) is 0 Å². The van der Waals surface area contributed by atoms with Gasteiger partial charge in [0.05, 0.1) is 0 Å². The molecule has 1 fully saturated rings. The van der Waals surface area contributed by atoms with E-state index in [4.69, 9.17) is 10.2 Å². The number of hydrogen-bond donors (Lipinski definition) is 1. The summed E-state index contributed by atoms with van der Waals surface area (Å²) >= 11 is 0. The number of rotatable bonds is 2. The molecule has 2 atom stereocenters. The van der Waals surface area contributed by atoms with E-state index in [1.165, 1.54) is 0 Å². The Balaban J connectivity index is 2.01. The highest BCUT2D eigenvalue weighted by Gasteiger charge is 2.32. The maximum atomic E-state index is 12.8. The number of benzene rings is 1. The van der Waals surface area contributed by atoms with Crippen LogP contribution >= 0.6 is 0 Å². The first-order valence-electron chi connectivity index (χ1n) is 7.65. The topological polar surface area (TPSA) is 76.5 Å². The van der Waals surface area contributed by atoms with Gasteiger partial charge in [-0.15, -0.1) is 0 Å². The molecule has 2 aromatic rings. The highest BCUT2D eigenvalue weighted by Crippen LogP contribution is 2.24. The van der Waals surface area contributed by atoms with Crippen LogP contribution in [0.25, 0.3) is 11.0 Å². The Morgan fingerprint density at radius 1 is 1.41 bits per heavy atom.